The molecule has 1 heterocycles. The normalized spacial score (nSPS) is 19.5. The van der Waals surface area contributed by atoms with Crippen LogP contribution in [0.5, 0.6) is 5.75 Å². The molecule has 1 saturated heterocycles. The third-order valence-electron chi connectivity index (χ3n) is 4.19. The van der Waals surface area contributed by atoms with Crippen LogP contribution in [0.4, 0.5) is 0 Å². The molecule has 1 unspecified atom stereocenters. The lowest BCUT2D eigenvalue weighted by molar-refractivity contribution is 0.296. The second-order valence-electron chi connectivity index (χ2n) is 5.93. The van der Waals surface area contributed by atoms with Crippen molar-refractivity contribution in [2.75, 3.05) is 20.2 Å². The second-order valence-corrected chi connectivity index (χ2v) is 6.37. The van der Waals surface area contributed by atoms with Gasteiger partial charge in [0, 0.05) is 13.1 Å². The summed E-state index contributed by atoms with van der Waals surface area (Å²) >= 11 is 5.03. The standard InChI is InChI=1S/C16H24N2OS/c1-11(2)13-6-7-18(10-13)9-12-4-5-14(16(17)20)15(8-12)19-3/h4-5,8,11,13H,6-7,9-10H2,1-3H3,(H2,17,20). The Bertz CT molecular complexity index is 487. The number of rotatable bonds is 5. The summed E-state index contributed by atoms with van der Waals surface area (Å²) in [5, 5.41) is 0. The summed E-state index contributed by atoms with van der Waals surface area (Å²) in [7, 11) is 1.66. The molecule has 1 fully saturated rings. The van der Waals surface area contributed by atoms with Gasteiger partial charge in [-0.15, -0.1) is 0 Å². The lowest BCUT2D eigenvalue weighted by Gasteiger charge is -2.18. The van der Waals surface area contributed by atoms with Crippen LogP contribution in [0.15, 0.2) is 18.2 Å². The molecule has 0 aromatic heterocycles. The highest BCUT2D eigenvalue weighted by molar-refractivity contribution is 7.80. The molecule has 0 saturated carbocycles. The number of methoxy groups -OCH3 is 1. The molecule has 1 aliphatic rings. The van der Waals surface area contributed by atoms with E-state index in [1.54, 1.807) is 7.11 Å². The van der Waals surface area contributed by atoms with Crippen LogP contribution in [-0.4, -0.2) is 30.1 Å². The zero-order valence-electron chi connectivity index (χ0n) is 12.6. The third kappa shape index (κ3) is 3.49. The van der Waals surface area contributed by atoms with Gasteiger partial charge in [0.2, 0.25) is 0 Å². The maximum absolute atomic E-state index is 5.70. The largest absolute Gasteiger partial charge is 0.496 e. The van der Waals surface area contributed by atoms with Gasteiger partial charge < -0.3 is 10.5 Å². The highest BCUT2D eigenvalue weighted by Crippen LogP contribution is 2.26. The van der Waals surface area contributed by atoms with E-state index in [0.717, 1.165) is 29.7 Å². The fraction of sp³-hybridized carbons (Fsp3) is 0.562. The van der Waals surface area contributed by atoms with Crippen molar-refractivity contribution in [3.8, 4) is 5.75 Å². The quantitative estimate of drug-likeness (QED) is 0.847. The Morgan fingerprint density at radius 1 is 1.50 bits per heavy atom. The summed E-state index contributed by atoms with van der Waals surface area (Å²) in [5.41, 5.74) is 7.76. The molecule has 3 nitrogen and oxygen atoms in total. The predicted molar refractivity (Wildman–Crippen MR) is 87.1 cm³/mol. The minimum atomic E-state index is 0.384. The molecule has 1 aromatic rings. The van der Waals surface area contributed by atoms with E-state index in [1.165, 1.54) is 25.1 Å². The summed E-state index contributed by atoms with van der Waals surface area (Å²) in [6, 6.07) is 6.11. The van der Waals surface area contributed by atoms with E-state index in [-0.39, 0.29) is 0 Å². The number of thiocarbonyl (C=S) groups is 1. The molecule has 1 aromatic carbocycles. The number of hydrogen-bond acceptors (Lipinski definition) is 3. The topological polar surface area (TPSA) is 38.5 Å². The lowest BCUT2D eigenvalue weighted by Crippen LogP contribution is -2.21. The van der Waals surface area contributed by atoms with Crippen molar-refractivity contribution in [1.82, 2.24) is 4.90 Å². The first-order valence-electron chi connectivity index (χ1n) is 7.20. The first-order valence-corrected chi connectivity index (χ1v) is 7.61. The molecule has 2 rings (SSSR count). The molecule has 0 amide bonds. The van der Waals surface area contributed by atoms with Crippen LogP contribution in [0.2, 0.25) is 0 Å². The van der Waals surface area contributed by atoms with Crippen LogP contribution in [0.3, 0.4) is 0 Å². The lowest BCUT2D eigenvalue weighted by atomic mass is 9.95. The van der Waals surface area contributed by atoms with Gasteiger partial charge in [-0.3, -0.25) is 4.90 Å². The highest BCUT2D eigenvalue weighted by Gasteiger charge is 2.24. The number of nitrogens with zero attached hydrogens (tertiary/aromatic N) is 1. The number of benzene rings is 1. The van der Waals surface area contributed by atoms with Crippen LogP contribution in [0.1, 0.15) is 31.4 Å². The van der Waals surface area contributed by atoms with Crippen molar-refractivity contribution in [2.45, 2.75) is 26.8 Å². The zero-order chi connectivity index (χ0) is 14.7. The molecule has 0 aliphatic carbocycles. The van der Waals surface area contributed by atoms with Crippen molar-refractivity contribution < 1.29 is 4.74 Å². The Balaban J connectivity index is 2.05. The van der Waals surface area contributed by atoms with Gasteiger partial charge in [0.15, 0.2) is 0 Å². The summed E-state index contributed by atoms with van der Waals surface area (Å²) in [4.78, 5) is 2.90. The molecule has 2 N–H and O–H groups in total. The first-order chi connectivity index (χ1) is 9.51. The van der Waals surface area contributed by atoms with Gasteiger partial charge in [-0.2, -0.15) is 0 Å². The molecular weight excluding hydrogens is 268 g/mol. The van der Waals surface area contributed by atoms with Crippen LogP contribution < -0.4 is 10.5 Å². The number of ether oxygens (including phenoxy) is 1. The van der Waals surface area contributed by atoms with Crippen molar-refractivity contribution in [3.63, 3.8) is 0 Å². The van der Waals surface area contributed by atoms with Gasteiger partial charge in [0.1, 0.15) is 10.7 Å². The number of hydrogen-bond donors (Lipinski definition) is 1. The SMILES string of the molecule is COc1cc(CN2CCC(C(C)C)C2)ccc1C(N)=S. The highest BCUT2D eigenvalue weighted by atomic mass is 32.1. The summed E-state index contributed by atoms with van der Waals surface area (Å²) in [5.74, 6) is 2.37. The van der Waals surface area contributed by atoms with Gasteiger partial charge in [-0.1, -0.05) is 32.1 Å². The summed E-state index contributed by atoms with van der Waals surface area (Å²) in [6.45, 7) is 7.97. The van der Waals surface area contributed by atoms with Gasteiger partial charge in [-0.25, -0.2) is 0 Å². The fourth-order valence-electron chi connectivity index (χ4n) is 2.85. The Labute approximate surface area is 127 Å². The van der Waals surface area contributed by atoms with Crippen LogP contribution >= 0.6 is 12.2 Å². The molecule has 4 heteroatoms. The molecule has 0 bridgehead atoms. The smallest absolute Gasteiger partial charge is 0.129 e. The zero-order valence-corrected chi connectivity index (χ0v) is 13.4. The summed E-state index contributed by atoms with van der Waals surface area (Å²) in [6.07, 6.45) is 1.31. The Kier molecular flexibility index (Phi) is 5.00. The minimum absolute atomic E-state index is 0.384. The predicted octanol–water partition coefficient (Wildman–Crippen LogP) is 2.81. The van der Waals surface area contributed by atoms with Gasteiger partial charge in [0.05, 0.1) is 12.7 Å². The van der Waals surface area contributed by atoms with Crippen LogP contribution in [0.25, 0.3) is 0 Å². The first kappa shape index (κ1) is 15.3. The average molecular weight is 292 g/mol. The maximum Gasteiger partial charge on any atom is 0.129 e. The van der Waals surface area contributed by atoms with E-state index in [2.05, 4.69) is 30.9 Å². The molecule has 20 heavy (non-hydrogen) atoms. The third-order valence-corrected chi connectivity index (χ3v) is 4.41. The molecular formula is C16H24N2OS. The average Bonchev–Trinajstić information content (AvgIpc) is 2.87. The van der Waals surface area contributed by atoms with Crippen molar-refractivity contribution in [2.24, 2.45) is 17.6 Å². The van der Waals surface area contributed by atoms with E-state index in [4.69, 9.17) is 22.7 Å². The van der Waals surface area contributed by atoms with Crippen molar-refractivity contribution in [3.05, 3.63) is 29.3 Å². The maximum atomic E-state index is 5.70. The van der Waals surface area contributed by atoms with E-state index >= 15 is 0 Å². The Morgan fingerprint density at radius 2 is 2.25 bits per heavy atom. The Morgan fingerprint density at radius 3 is 2.80 bits per heavy atom. The number of nitrogens with two attached hydrogens (primary N) is 1. The van der Waals surface area contributed by atoms with Crippen molar-refractivity contribution in [1.29, 1.82) is 0 Å². The number of likely N-dealkylation sites (tertiary alicyclic amines) is 1. The van der Waals surface area contributed by atoms with E-state index in [1.807, 2.05) is 6.07 Å². The summed E-state index contributed by atoms with van der Waals surface area (Å²) < 4.78 is 5.39. The Hall–Kier alpha value is -1.13. The van der Waals surface area contributed by atoms with Crippen molar-refractivity contribution >= 4 is 17.2 Å². The van der Waals surface area contributed by atoms with Gasteiger partial charge in [0.25, 0.3) is 0 Å². The van der Waals surface area contributed by atoms with Crippen LogP contribution in [-0.2, 0) is 6.54 Å². The van der Waals surface area contributed by atoms with E-state index in [0.29, 0.717) is 4.99 Å². The molecule has 1 atom stereocenters. The van der Waals surface area contributed by atoms with E-state index < -0.39 is 0 Å². The molecule has 0 radical (unpaired) electrons. The van der Waals surface area contributed by atoms with Gasteiger partial charge in [-0.05, 0) is 42.5 Å². The van der Waals surface area contributed by atoms with Crippen LogP contribution in [0, 0.1) is 11.8 Å². The minimum Gasteiger partial charge on any atom is -0.496 e. The molecule has 110 valence electrons. The molecule has 1 aliphatic heterocycles. The monoisotopic (exact) mass is 292 g/mol. The van der Waals surface area contributed by atoms with Gasteiger partial charge >= 0.3 is 0 Å². The second kappa shape index (κ2) is 6.55. The fourth-order valence-corrected chi connectivity index (χ4v) is 3.01. The molecule has 0 spiro atoms. The van der Waals surface area contributed by atoms with E-state index in [9.17, 15) is 0 Å².